The average molecular weight is 325 g/mol. The molecule has 0 spiro atoms. The van der Waals surface area contributed by atoms with Crippen molar-refractivity contribution in [3.8, 4) is 0 Å². The summed E-state index contributed by atoms with van der Waals surface area (Å²) in [6, 6.07) is 6.31. The van der Waals surface area contributed by atoms with Crippen molar-refractivity contribution in [2.24, 2.45) is 5.92 Å². The molecule has 5 heteroatoms. The van der Waals surface area contributed by atoms with E-state index in [1.54, 1.807) is 16.4 Å². The fraction of sp³-hybridized carbons (Fsp3) is 0.647. The molecule has 0 radical (unpaired) electrons. The van der Waals surface area contributed by atoms with Crippen LogP contribution in [0.5, 0.6) is 0 Å². The van der Waals surface area contributed by atoms with Crippen LogP contribution in [-0.4, -0.2) is 24.5 Å². The van der Waals surface area contributed by atoms with Crippen molar-refractivity contribution in [3.05, 3.63) is 35.6 Å². The van der Waals surface area contributed by atoms with Crippen LogP contribution in [-0.2, 0) is 16.6 Å². The van der Waals surface area contributed by atoms with Gasteiger partial charge in [-0.2, -0.15) is 4.31 Å². The maximum atomic E-state index is 13.0. The van der Waals surface area contributed by atoms with Crippen molar-refractivity contribution >= 4 is 10.0 Å². The van der Waals surface area contributed by atoms with Crippen LogP contribution in [0.1, 0.15) is 50.5 Å². The molecule has 3 nitrogen and oxygen atoms in total. The van der Waals surface area contributed by atoms with Crippen LogP contribution in [0.25, 0.3) is 0 Å². The maximum Gasteiger partial charge on any atom is 0.214 e. The number of nitrogens with zero attached hydrogens (tertiary/aromatic N) is 1. The number of rotatable bonds is 6. The van der Waals surface area contributed by atoms with E-state index >= 15 is 0 Å². The van der Waals surface area contributed by atoms with Crippen LogP contribution in [0.3, 0.4) is 0 Å². The summed E-state index contributed by atoms with van der Waals surface area (Å²) >= 11 is 0. The summed E-state index contributed by atoms with van der Waals surface area (Å²) in [6.07, 6.45) is 7.51. The lowest BCUT2D eigenvalue weighted by molar-refractivity contribution is 0.359. The lowest BCUT2D eigenvalue weighted by atomic mass is 9.91. The van der Waals surface area contributed by atoms with E-state index < -0.39 is 10.0 Å². The topological polar surface area (TPSA) is 37.4 Å². The van der Waals surface area contributed by atoms with Crippen molar-refractivity contribution in [2.45, 2.75) is 57.5 Å². The van der Waals surface area contributed by atoms with E-state index in [0.29, 0.717) is 12.5 Å². The van der Waals surface area contributed by atoms with Gasteiger partial charge < -0.3 is 0 Å². The summed E-state index contributed by atoms with van der Waals surface area (Å²) in [5, 5.41) is 0. The number of benzene rings is 1. The molecule has 0 aromatic heterocycles. The Kier molecular flexibility index (Phi) is 4.83. The lowest BCUT2D eigenvalue weighted by Gasteiger charge is -2.27. The quantitative estimate of drug-likeness (QED) is 0.800. The van der Waals surface area contributed by atoms with Crippen LogP contribution >= 0.6 is 0 Å². The van der Waals surface area contributed by atoms with Gasteiger partial charge in [0.2, 0.25) is 10.0 Å². The third-order valence-electron chi connectivity index (χ3n) is 4.73. The van der Waals surface area contributed by atoms with E-state index in [2.05, 4.69) is 0 Å². The number of hydrogen-bond acceptors (Lipinski definition) is 2. The van der Waals surface area contributed by atoms with Gasteiger partial charge in [0.05, 0.1) is 5.75 Å². The molecule has 1 aromatic rings. The summed E-state index contributed by atoms with van der Waals surface area (Å²) in [7, 11) is -3.23. The largest absolute Gasteiger partial charge is 0.214 e. The fourth-order valence-electron chi connectivity index (χ4n) is 3.33. The SMILES string of the molecule is O=S(=O)(CC1CCCCC1)N(Cc1ccc(F)cc1)C1CC1. The van der Waals surface area contributed by atoms with Gasteiger partial charge in [0.25, 0.3) is 0 Å². The molecule has 1 aromatic carbocycles. The molecule has 0 unspecified atom stereocenters. The van der Waals surface area contributed by atoms with E-state index in [9.17, 15) is 12.8 Å². The molecule has 0 N–H and O–H groups in total. The first kappa shape index (κ1) is 15.9. The van der Waals surface area contributed by atoms with Gasteiger partial charge >= 0.3 is 0 Å². The highest BCUT2D eigenvalue weighted by Gasteiger charge is 2.38. The first-order valence-corrected chi connectivity index (χ1v) is 9.89. The Hall–Kier alpha value is -0.940. The van der Waals surface area contributed by atoms with E-state index in [0.717, 1.165) is 44.1 Å². The zero-order valence-electron chi connectivity index (χ0n) is 12.9. The average Bonchev–Trinajstić information content (AvgIpc) is 3.31. The summed E-state index contributed by atoms with van der Waals surface area (Å²) < 4.78 is 40.3. The van der Waals surface area contributed by atoms with Crippen molar-refractivity contribution < 1.29 is 12.8 Å². The minimum Gasteiger partial charge on any atom is -0.212 e. The van der Waals surface area contributed by atoms with Crippen molar-refractivity contribution in [1.82, 2.24) is 4.31 Å². The molecule has 2 aliphatic rings. The molecule has 2 saturated carbocycles. The zero-order valence-corrected chi connectivity index (χ0v) is 13.7. The van der Waals surface area contributed by atoms with Crippen LogP contribution in [0.4, 0.5) is 4.39 Å². The van der Waals surface area contributed by atoms with E-state index in [1.807, 2.05) is 0 Å². The second-order valence-electron chi connectivity index (χ2n) is 6.69. The molecule has 2 fully saturated rings. The fourth-order valence-corrected chi connectivity index (χ4v) is 5.47. The van der Waals surface area contributed by atoms with Crippen molar-refractivity contribution in [2.75, 3.05) is 5.75 Å². The number of halogens is 1. The summed E-state index contributed by atoms with van der Waals surface area (Å²) in [4.78, 5) is 0. The number of hydrogen-bond donors (Lipinski definition) is 0. The molecule has 0 atom stereocenters. The molecule has 0 heterocycles. The van der Waals surface area contributed by atoms with Crippen LogP contribution in [0.15, 0.2) is 24.3 Å². The third kappa shape index (κ3) is 4.07. The Balaban J connectivity index is 1.70. The van der Waals surface area contributed by atoms with Gasteiger partial charge in [-0.1, -0.05) is 31.4 Å². The van der Waals surface area contributed by atoms with Gasteiger partial charge in [0.1, 0.15) is 5.82 Å². The second-order valence-corrected chi connectivity index (χ2v) is 8.65. The molecule has 0 bridgehead atoms. The Morgan fingerprint density at radius 1 is 1.00 bits per heavy atom. The second kappa shape index (κ2) is 6.67. The van der Waals surface area contributed by atoms with Gasteiger partial charge in [-0.15, -0.1) is 0 Å². The predicted octanol–water partition coefficient (Wildman–Crippen LogP) is 3.70. The molecule has 0 aliphatic heterocycles. The Bertz CT molecular complexity index is 590. The monoisotopic (exact) mass is 325 g/mol. The highest BCUT2D eigenvalue weighted by atomic mass is 32.2. The van der Waals surface area contributed by atoms with Gasteiger partial charge in [-0.3, -0.25) is 0 Å². The van der Waals surface area contributed by atoms with Gasteiger partial charge in [-0.05, 0) is 49.3 Å². The van der Waals surface area contributed by atoms with Gasteiger partial charge in [0.15, 0.2) is 0 Å². The van der Waals surface area contributed by atoms with Gasteiger partial charge in [0, 0.05) is 12.6 Å². The zero-order chi connectivity index (χ0) is 15.6. The Morgan fingerprint density at radius 2 is 1.64 bits per heavy atom. The van der Waals surface area contributed by atoms with Crippen LogP contribution in [0.2, 0.25) is 0 Å². The number of sulfonamides is 1. The van der Waals surface area contributed by atoms with E-state index in [1.165, 1.54) is 18.6 Å². The minimum atomic E-state index is -3.23. The van der Waals surface area contributed by atoms with Crippen molar-refractivity contribution in [3.63, 3.8) is 0 Å². The van der Waals surface area contributed by atoms with E-state index in [-0.39, 0.29) is 17.6 Å². The third-order valence-corrected chi connectivity index (χ3v) is 6.77. The normalized spacial score (nSPS) is 20.5. The summed E-state index contributed by atoms with van der Waals surface area (Å²) in [6.45, 7) is 0.375. The van der Waals surface area contributed by atoms with E-state index in [4.69, 9.17) is 0 Å². The van der Waals surface area contributed by atoms with Crippen LogP contribution < -0.4 is 0 Å². The molecule has 122 valence electrons. The highest BCUT2D eigenvalue weighted by molar-refractivity contribution is 7.89. The lowest BCUT2D eigenvalue weighted by Crippen LogP contribution is -2.37. The molecular weight excluding hydrogens is 301 g/mol. The minimum absolute atomic E-state index is 0.152. The molecule has 0 saturated heterocycles. The predicted molar refractivity (Wildman–Crippen MR) is 85.3 cm³/mol. The molecular formula is C17H24FNO2S. The smallest absolute Gasteiger partial charge is 0.212 e. The Labute approximate surface area is 132 Å². The Morgan fingerprint density at radius 3 is 2.23 bits per heavy atom. The molecule has 22 heavy (non-hydrogen) atoms. The summed E-state index contributed by atoms with van der Waals surface area (Å²) in [5.74, 6) is 0.310. The van der Waals surface area contributed by atoms with Crippen LogP contribution in [0, 0.1) is 11.7 Å². The molecule has 0 amide bonds. The standard InChI is InChI=1S/C17H24FNO2S/c18-16-8-6-14(7-9-16)12-19(17-10-11-17)22(20,21)13-15-4-2-1-3-5-15/h6-9,15,17H,1-5,10-13H2. The first-order valence-electron chi connectivity index (χ1n) is 8.28. The molecule has 3 rings (SSSR count). The van der Waals surface area contributed by atoms with Gasteiger partial charge in [-0.25, -0.2) is 12.8 Å². The summed E-state index contributed by atoms with van der Waals surface area (Å²) in [5.41, 5.74) is 0.862. The maximum absolute atomic E-state index is 13.0. The molecule has 2 aliphatic carbocycles. The van der Waals surface area contributed by atoms with Crippen molar-refractivity contribution in [1.29, 1.82) is 0 Å². The highest BCUT2D eigenvalue weighted by Crippen LogP contribution is 2.33. The first-order chi connectivity index (χ1) is 10.5.